The van der Waals surface area contributed by atoms with Crippen LogP contribution >= 0.6 is 11.8 Å². The van der Waals surface area contributed by atoms with Gasteiger partial charge in [0.15, 0.2) is 0 Å². The van der Waals surface area contributed by atoms with Crippen molar-refractivity contribution in [2.75, 3.05) is 24.7 Å². The van der Waals surface area contributed by atoms with Crippen molar-refractivity contribution in [1.82, 2.24) is 4.90 Å². The number of ether oxygens (including phenoxy) is 1. The fourth-order valence-electron chi connectivity index (χ4n) is 7.22. The molecule has 2 amide bonds. The second-order valence-corrected chi connectivity index (χ2v) is 12.7. The lowest BCUT2D eigenvalue weighted by Crippen LogP contribution is -2.60. The maximum Gasteiger partial charge on any atom is 0.310 e. The highest BCUT2D eigenvalue weighted by Gasteiger charge is 2.77. The van der Waals surface area contributed by atoms with Crippen LogP contribution in [0.25, 0.3) is 0 Å². The number of hydrogen-bond acceptors (Lipinski definition) is 6. The van der Waals surface area contributed by atoms with E-state index in [0.717, 1.165) is 29.7 Å². The average molecular weight is 543 g/mol. The molecule has 0 saturated carbocycles. The summed E-state index contributed by atoms with van der Waals surface area (Å²) in [6.07, 6.45) is 3.20. The predicted octanol–water partition coefficient (Wildman–Crippen LogP) is 4.13. The van der Waals surface area contributed by atoms with Crippen LogP contribution in [0.2, 0.25) is 0 Å². The predicted molar refractivity (Wildman–Crippen MR) is 151 cm³/mol. The van der Waals surface area contributed by atoms with Crippen LogP contribution in [0.15, 0.2) is 30.9 Å². The molecule has 7 nitrogen and oxygen atoms in total. The van der Waals surface area contributed by atoms with Crippen molar-refractivity contribution >= 4 is 35.2 Å². The lowest BCUT2D eigenvalue weighted by Gasteiger charge is -2.43. The van der Waals surface area contributed by atoms with Gasteiger partial charge < -0.3 is 19.6 Å². The van der Waals surface area contributed by atoms with E-state index in [1.165, 1.54) is 0 Å². The number of benzene rings is 1. The van der Waals surface area contributed by atoms with Crippen molar-refractivity contribution in [1.29, 1.82) is 0 Å². The summed E-state index contributed by atoms with van der Waals surface area (Å²) in [4.78, 5) is 45.9. The Morgan fingerprint density at radius 1 is 1.32 bits per heavy atom. The molecule has 1 N–H and O–H groups in total. The number of carbonyl (C=O) groups excluding carboxylic acids is 3. The maximum atomic E-state index is 14.9. The molecule has 3 saturated heterocycles. The van der Waals surface area contributed by atoms with Gasteiger partial charge in [0.2, 0.25) is 5.91 Å². The zero-order valence-electron chi connectivity index (χ0n) is 23.5. The summed E-state index contributed by atoms with van der Waals surface area (Å²) in [5.41, 5.74) is 2.75. The van der Waals surface area contributed by atoms with E-state index in [9.17, 15) is 19.5 Å². The molecule has 3 fully saturated rings. The van der Waals surface area contributed by atoms with Crippen LogP contribution in [0.5, 0.6) is 0 Å². The summed E-state index contributed by atoms with van der Waals surface area (Å²) in [5.74, 6) is -1.97. The van der Waals surface area contributed by atoms with Crippen LogP contribution in [0, 0.1) is 37.5 Å². The van der Waals surface area contributed by atoms with E-state index in [2.05, 4.69) is 13.5 Å². The van der Waals surface area contributed by atoms with Gasteiger partial charge in [0, 0.05) is 17.5 Å². The average Bonchev–Trinajstić information content (AvgIpc) is 3.47. The Kier molecular flexibility index (Phi) is 8.34. The second-order valence-electron chi connectivity index (χ2n) is 11.2. The third-order valence-corrected chi connectivity index (χ3v) is 11.2. The molecule has 0 radical (unpaired) electrons. The molecule has 3 aliphatic heterocycles. The Morgan fingerprint density at radius 3 is 2.53 bits per heavy atom. The number of esters is 1. The van der Waals surface area contributed by atoms with Crippen molar-refractivity contribution in [3.63, 3.8) is 0 Å². The number of aryl methyl sites for hydroxylation is 2. The zero-order valence-corrected chi connectivity index (χ0v) is 24.3. The third kappa shape index (κ3) is 4.19. The molecule has 3 aliphatic rings. The molecule has 0 aromatic heterocycles. The van der Waals surface area contributed by atoms with Crippen LogP contribution in [-0.2, 0) is 19.1 Å². The van der Waals surface area contributed by atoms with Crippen LogP contribution in [-0.4, -0.2) is 69.6 Å². The van der Waals surface area contributed by atoms with Gasteiger partial charge in [-0.05, 0) is 50.2 Å². The molecule has 3 unspecified atom stereocenters. The van der Waals surface area contributed by atoms with Gasteiger partial charge in [-0.3, -0.25) is 14.4 Å². The number of carbonyl (C=O) groups is 3. The summed E-state index contributed by atoms with van der Waals surface area (Å²) in [6.45, 7) is 16.1. The first-order valence-corrected chi connectivity index (χ1v) is 14.7. The largest absolute Gasteiger partial charge is 0.466 e. The van der Waals surface area contributed by atoms with E-state index in [0.29, 0.717) is 6.54 Å². The van der Waals surface area contributed by atoms with E-state index < -0.39 is 28.7 Å². The van der Waals surface area contributed by atoms with Gasteiger partial charge in [0.25, 0.3) is 5.91 Å². The molecular formula is C30H42N2O5S. The number of hydrogen-bond donors (Lipinski definition) is 1. The maximum absolute atomic E-state index is 14.9. The van der Waals surface area contributed by atoms with E-state index in [1.807, 2.05) is 45.9 Å². The van der Waals surface area contributed by atoms with Crippen LogP contribution in [0.1, 0.15) is 51.7 Å². The lowest BCUT2D eigenvalue weighted by atomic mass is 9.66. The number of aliphatic hydroxyl groups excluding tert-OH is 1. The molecule has 3 heterocycles. The highest BCUT2D eigenvalue weighted by molar-refractivity contribution is 8.02. The van der Waals surface area contributed by atoms with Crippen molar-refractivity contribution in [2.24, 2.45) is 23.7 Å². The minimum absolute atomic E-state index is 0.0268. The van der Waals surface area contributed by atoms with Crippen LogP contribution in [0.3, 0.4) is 0 Å². The van der Waals surface area contributed by atoms with Gasteiger partial charge in [0.1, 0.15) is 6.04 Å². The summed E-state index contributed by atoms with van der Waals surface area (Å²) in [6, 6.07) is 4.59. The van der Waals surface area contributed by atoms with Gasteiger partial charge in [-0.1, -0.05) is 51.5 Å². The summed E-state index contributed by atoms with van der Waals surface area (Å²) >= 11 is 1.63. The number of likely N-dealkylation sites (tertiary alicyclic amines) is 1. The molecule has 1 aromatic carbocycles. The molecular weight excluding hydrogens is 500 g/mol. The van der Waals surface area contributed by atoms with Crippen molar-refractivity contribution < 1.29 is 24.2 Å². The number of para-hydroxylation sites is 1. The molecule has 208 valence electrons. The normalized spacial score (nSPS) is 31.2. The second kappa shape index (κ2) is 11.0. The van der Waals surface area contributed by atoms with E-state index in [4.69, 9.17) is 4.74 Å². The highest BCUT2D eigenvalue weighted by Crippen LogP contribution is 2.69. The molecule has 38 heavy (non-hydrogen) atoms. The fraction of sp³-hybridized carbons (Fsp3) is 0.633. The van der Waals surface area contributed by atoms with Gasteiger partial charge in [-0.15, -0.1) is 18.3 Å². The SMILES string of the molecule is C=CCN(C(=O)C1N([C@@H](CO)[C@@H](C)CC)C(=O)[C@@H]2[C@@H](C(=O)OCC)[C@H]3CC(C)C12S3)c1c(C)cccc1C. The van der Waals surface area contributed by atoms with E-state index >= 15 is 0 Å². The zero-order chi connectivity index (χ0) is 27.9. The van der Waals surface area contributed by atoms with Crippen molar-refractivity contribution in [3.05, 3.63) is 42.0 Å². The number of anilines is 1. The molecule has 1 spiro atoms. The first kappa shape index (κ1) is 28.7. The molecule has 8 atom stereocenters. The van der Waals surface area contributed by atoms with Crippen molar-refractivity contribution in [3.8, 4) is 0 Å². The Morgan fingerprint density at radius 2 is 1.97 bits per heavy atom. The topological polar surface area (TPSA) is 87.2 Å². The number of thioether (sulfide) groups is 1. The molecule has 1 aromatic rings. The molecule has 8 heteroatoms. The standard InChI is InChI=1S/C30H42N2O5S/c1-8-14-31(25-18(5)12-11-13-19(25)6)28(35)26-30-20(7)15-22(38-30)23(29(36)37-10-3)24(30)27(34)32(26)21(16-33)17(4)9-2/h8,11-13,17,20-24,26,33H,1,9-10,14-16H2,2-7H3/t17-,20?,21-,22+,23-,24-,26?,30?/m0/s1. The van der Waals surface area contributed by atoms with Crippen LogP contribution in [0.4, 0.5) is 5.69 Å². The number of aliphatic hydroxyl groups is 1. The Bertz CT molecular complexity index is 1090. The number of rotatable bonds is 10. The molecule has 2 bridgehead atoms. The van der Waals surface area contributed by atoms with Crippen LogP contribution < -0.4 is 4.90 Å². The monoisotopic (exact) mass is 542 g/mol. The third-order valence-electron chi connectivity index (χ3n) is 9.11. The first-order valence-electron chi connectivity index (χ1n) is 13.9. The molecule has 4 rings (SSSR count). The van der Waals surface area contributed by atoms with Gasteiger partial charge in [-0.25, -0.2) is 0 Å². The first-order chi connectivity index (χ1) is 18.1. The smallest absolute Gasteiger partial charge is 0.310 e. The van der Waals surface area contributed by atoms with Gasteiger partial charge in [0.05, 0.1) is 35.8 Å². The summed E-state index contributed by atoms with van der Waals surface area (Å²) in [5, 5.41) is 10.5. The Hall–Kier alpha value is -2.32. The highest BCUT2D eigenvalue weighted by atomic mass is 32.2. The minimum Gasteiger partial charge on any atom is -0.466 e. The Labute approximate surface area is 231 Å². The van der Waals surface area contributed by atoms with E-state index in [1.54, 1.807) is 34.6 Å². The lowest BCUT2D eigenvalue weighted by molar-refractivity contribution is -0.154. The summed E-state index contributed by atoms with van der Waals surface area (Å²) in [7, 11) is 0. The van der Waals surface area contributed by atoms with Crippen molar-refractivity contribution in [2.45, 2.75) is 76.5 Å². The number of amides is 2. The summed E-state index contributed by atoms with van der Waals surface area (Å²) < 4.78 is 4.69. The van der Waals surface area contributed by atoms with Gasteiger partial charge in [-0.2, -0.15) is 0 Å². The fourth-order valence-corrected chi connectivity index (χ4v) is 9.61. The Balaban J connectivity index is 1.91. The quantitative estimate of drug-likeness (QED) is 0.353. The number of nitrogens with zero attached hydrogens (tertiary/aromatic N) is 2. The molecule has 0 aliphatic carbocycles. The van der Waals surface area contributed by atoms with Gasteiger partial charge >= 0.3 is 5.97 Å². The minimum atomic E-state index is -0.811. The van der Waals surface area contributed by atoms with E-state index in [-0.39, 0.29) is 48.1 Å². The number of fused-ring (bicyclic) bond motifs is 1.